The first kappa shape index (κ1) is 20.5. The van der Waals surface area contributed by atoms with Gasteiger partial charge >= 0.3 is 0 Å². The summed E-state index contributed by atoms with van der Waals surface area (Å²) in [6.07, 6.45) is 0.589. The standard InChI is InChI=1S/C18H28FN3O3S/c1-5-20-17(22-10-11-26(23,24)18(2,3)13-22)21-9-8-14-6-7-16(25-4)15(19)12-14/h6-7,12H,5,8-11,13H2,1-4H3,(H,20,21). The first-order chi connectivity index (χ1) is 12.2. The van der Waals surface area contributed by atoms with E-state index in [4.69, 9.17) is 4.74 Å². The Bertz CT molecular complexity index is 763. The summed E-state index contributed by atoms with van der Waals surface area (Å²) in [6.45, 7) is 7.47. The third kappa shape index (κ3) is 4.66. The normalized spacial score (nSPS) is 19.3. The summed E-state index contributed by atoms with van der Waals surface area (Å²) in [5.41, 5.74) is 0.837. The molecule has 0 amide bonds. The van der Waals surface area contributed by atoms with Gasteiger partial charge in [0.25, 0.3) is 0 Å². The van der Waals surface area contributed by atoms with Crippen molar-refractivity contribution in [3.05, 3.63) is 29.6 Å². The highest BCUT2D eigenvalue weighted by Gasteiger charge is 2.40. The first-order valence-corrected chi connectivity index (χ1v) is 10.4. The second kappa shape index (κ2) is 8.24. The third-order valence-corrected chi connectivity index (χ3v) is 7.09. The lowest BCUT2D eigenvalue weighted by molar-refractivity contribution is 0.353. The molecule has 146 valence electrons. The zero-order valence-electron chi connectivity index (χ0n) is 15.9. The number of nitrogens with one attached hydrogen (secondary N) is 1. The minimum atomic E-state index is -3.10. The Morgan fingerprint density at radius 3 is 2.73 bits per heavy atom. The van der Waals surface area contributed by atoms with Crippen LogP contribution in [0.1, 0.15) is 26.3 Å². The molecule has 1 aromatic carbocycles. The molecule has 0 atom stereocenters. The van der Waals surface area contributed by atoms with E-state index < -0.39 is 14.6 Å². The highest BCUT2D eigenvalue weighted by atomic mass is 32.2. The first-order valence-electron chi connectivity index (χ1n) is 8.78. The van der Waals surface area contributed by atoms with E-state index in [0.29, 0.717) is 38.6 Å². The zero-order chi connectivity index (χ0) is 19.4. The second-order valence-corrected chi connectivity index (χ2v) is 9.70. The lowest BCUT2D eigenvalue weighted by Crippen LogP contribution is -2.57. The topological polar surface area (TPSA) is 71.0 Å². The van der Waals surface area contributed by atoms with Gasteiger partial charge in [0, 0.05) is 26.2 Å². The largest absolute Gasteiger partial charge is 0.494 e. The maximum Gasteiger partial charge on any atom is 0.194 e. The minimum absolute atomic E-state index is 0.119. The van der Waals surface area contributed by atoms with Crippen molar-refractivity contribution in [2.24, 2.45) is 4.99 Å². The van der Waals surface area contributed by atoms with Crippen LogP contribution < -0.4 is 10.1 Å². The van der Waals surface area contributed by atoms with Gasteiger partial charge in [0.15, 0.2) is 27.4 Å². The molecule has 0 aliphatic carbocycles. The molecule has 1 saturated heterocycles. The molecule has 0 unspecified atom stereocenters. The predicted octanol–water partition coefficient (Wildman–Crippen LogP) is 1.85. The van der Waals surface area contributed by atoms with Crippen molar-refractivity contribution in [1.82, 2.24) is 10.2 Å². The third-order valence-electron chi connectivity index (χ3n) is 4.56. The van der Waals surface area contributed by atoms with Crippen molar-refractivity contribution < 1.29 is 17.5 Å². The Balaban J connectivity index is 2.06. The average molecular weight is 386 g/mol. The van der Waals surface area contributed by atoms with Gasteiger partial charge in [-0.15, -0.1) is 0 Å². The zero-order valence-corrected chi connectivity index (χ0v) is 16.7. The van der Waals surface area contributed by atoms with E-state index in [9.17, 15) is 12.8 Å². The summed E-state index contributed by atoms with van der Waals surface area (Å²) in [5.74, 6) is 0.657. The van der Waals surface area contributed by atoms with Crippen LogP contribution in [-0.4, -0.2) is 63.1 Å². The van der Waals surface area contributed by atoms with Crippen LogP contribution in [0.4, 0.5) is 4.39 Å². The molecule has 0 bridgehead atoms. The van der Waals surface area contributed by atoms with Crippen molar-refractivity contribution in [3.8, 4) is 5.75 Å². The number of aliphatic imine (C=N–C) groups is 1. The van der Waals surface area contributed by atoms with E-state index >= 15 is 0 Å². The molecule has 1 aromatic rings. The highest BCUT2D eigenvalue weighted by Crippen LogP contribution is 2.24. The molecule has 1 aliphatic heterocycles. The van der Waals surface area contributed by atoms with E-state index in [1.165, 1.54) is 13.2 Å². The number of nitrogens with zero attached hydrogens (tertiary/aromatic N) is 2. The Morgan fingerprint density at radius 1 is 1.42 bits per heavy atom. The van der Waals surface area contributed by atoms with Crippen LogP contribution in [0, 0.1) is 5.82 Å². The molecule has 1 aliphatic rings. The van der Waals surface area contributed by atoms with E-state index in [2.05, 4.69) is 10.3 Å². The van der Waals surface area contributed by atoms with Gasteiger partial charge in [-0.25, -0.2) is 12.8 Å². The van der Waals surface area contributed by atoms with E-state index in [1.807, 2.05) is 17.9 Å². The number of hydrogen-bond donors (Lipinski definition) is 1. The second-order valence-electron chi connectivity index (χ2n) is 6.95. The summed E-state index contributed by atoms with van der Waals surface area (Å²) >= 11 is 0. The Hall–Kier alpha value is -1.83. The van der Waals surface area contributed by atoms with Gasteiger partial charge in [0.05, 0.1) is 17.6 Å². The molecule has 1 fully saturated rings. The van der Waals surface area contributed by atoms with Crippen molar-refractivity contribution >= 4 is 15.8 Å². The monoisotopic (exact) mass is 385 g/mol. The molecule has 26 heavy (non-hydrogen) atoms. The van der Waals surface area contributed by atoms with Crippen LogP contribution >= 0.6 is 0 Å². The van der Waals surface area contributed by atoms with Crippen LogP contribution in [-0.2, 0) is 16.3 Å². The molecule has 6 nitrogen and oxygen atoms in total. The number of ether oxygens (including phenoxy) is 1. The van der Waals surface area contributed by atoms with Gasteiger partial charge in [0.1, 0.15) is 0 Å². The summed E-state index contributed by atoms with van der Waals surface area (Å²) in [6, 6.07) is 4.89. The van der Waals surface area contributed by atoms with Gasteiger partial charge in [-0.3, -0.25) is 4.99 Å². The van der Waals surface area contributed by atoms with Crippen molar-refractivity contribution in [1.29, 1.82) is 0 Å². The van der Waals surface area contributed by atoms with E-state index in [1.54, 1.807) is 19.9 Å². The van der Waals surface area contributed by atoms with E-state index in [0.717, 1.165) is 5.56 Å². The summed E-state index contributed by atoms with van der Waals surface area (Å²) in [4.78, 5) is 6.59. The highest BCUT2D eigenvalue weighted by molar-refractivity contribution is 7.92. The molecule has 0 radical (unpaired) electrons. The molecule has 1 N–H and O–H groups in total. The summed E-state index contributed by atoms with van der Waals surface area (Å²) in [7, 11) is -1.66. The molecule has 1 heterocycles. The number of sulfone groups is 1. The maximum atomic E-state index is 13.8. The van der Waals surface area contributed by atoms with Gasteiger partial charge in [-0.2, -0.15) is 0 Å². The van der Waals surface area contributed by atoms with Gasteiger partial charge in [-0.05, 0) is 44.9 Å². The lowest BCUT2D eigenvalue weighted by atomic mass is 10.1. The Labute approximate surface area is 155 Å². The van der Waals surface area contributed by atoms with Gasteiger partial charge in [0.2, 0.25) is 0 Å². The maximum absolute atomic E-state index is 13.8. The molecule has 0 spiro atoms. The van der Waals surface area contributed by atoms with Crippen LogP contribution in [0.5, 0.6) is 5.75 Å². The summed E-state index contributed by atoms with van der Waals surface area (Å²) in [5, 5.41) is 3.22. The van der Waals surface area contributed by atoms with E-state index in [-0.39, 0.29) is 17.3 Å². The van der Waals surface area contributed by atoms with Crippen molar-refractivity contribution in [2.45, 2.75) is 31.9 Å². The number of hydrogen-bond acceptors (Lipinski definition) is 4. The van der Waals surface area contributed by atoms with Gasteiger partial charge in [-0.1, -0.05) is 6.07 Å². The van der Waals surface area contributed by atoms with Crippen LogP contribution in [0.15, 0.2) is 23.2 Å². The van der Waals surface area contributed by atoms with Crippen LogP contribution in [0.2, 0.25) is 0 Å². The smallest absolute Gasteiger partial charge is 0.194 e. The SMILES string of the molecule is CCNC(=NCCc1ccc(OC)c(F)c1)N1CCS(=O)(=O)C(C)(C)C1. The molecule has 8 heteroatoms. The quantitative estimate of drug-likeness (QED) is 0.619. The molecule has 0 saturated carbocycles. The van der Waals surface area contributed by atoms with Crippen molar-refractivity contribution in [3.63, 3.8) is 0 Å². The van der Waals surface area contributed by atoms with Crippen LogP contribution in [0.25, 0.3) is 0 Å². The molecule has 2 rings (SSSR count). The Kier molecular flexibility index (Phi) is 6.49. The van der Waals surface area contributed by atoms with Gasteiger partial charge < -0.3 is 15.0 Å². The fourth-order valence-electron chi connectivity index (χ4n) is 2.91. The Morgan fingerprint density at radius 2 is 2.15 bits per heavy atom. The number of guanidine groups is 1. The summed E-state index contributed by atoms with van der Waals surface area (Å²) < 4.78 is 42.2. The predicted molar refractivity (Wildman–Crippen MR) is 102 cm³/mol. The van der Waals surface area contributed by atoms with Crippen LogP contribution in [0.3, 0.4) is 0 Å². The number of methoxy groups -OCH3 is 1. The minimum Gasteiger partial charge on any atom is -0.494 e. The number of halogens is 1. The lowest BCUT2D eigenvalue weighted by Gasteiger charge is -2.39. The molecule has 0 aromatic heterocycles. The number of benzene rings is 1. The fraction of sp³-hybridized carbons (Fsp3) is 0.611. The average Bonchev–Trinajstić information content (AvgIpc) is 2.57. The fourth-order valence-corrected chi connectivity index (χ4v) is 4.27. The molecular weight excluding hydrogens is 357 g/mol. The molecular formula is C18H28FN3O3S. The van der Waals surface area contributed by atoms with Crippen molar-refractivity contribution in [2.75, 3.05) is 39.0 Å². The number of rotatable bonds is 5.